The molecule has 20 heavy (non-hydrogen) atoms. The summed E-state index contributed by atoms with van der Waals surface area (Å²) in [5, 5.41) is 17.2. The number of morpholine rings is 1. The molecule has 110 valence electrons. The number of nitrogens with one attached hydrogen (secondary N) is 2. The first-order chi connectivity index (χ1) is 9.56. The Hall–Kier alpha value is -1.73. The predicted molar refractivity (Wildman–Crippen MR) is 73.4 cm³/mol. The van der Waals surface area contributed by atoms with Gasteiger partial charge in [-0.1, -0.05) is 0 Å². The van der Waals surface area contributed by atoms with E-state index in [4.69, 9.17) is 4.74 Å². The van der Waals surface area contributed by atoms with Crippen molar-refractivity contribution in [3.63, 3.8) is 0 Å². The van der Waals surface area contributed by atoms with Crippen LogP contribution >= 0.6 is 0 Å². The van der Waals surface area contributed by atoms with Crippen LogP contribution in [-0.4, -0.2) is 36.8 Å². The first kappa shape index (κ1) is 14.7. The van der Waals surface area contributed by atoms with Crippen molar-refractivity contribution in [3.8, 4) is 0 Å². The van der Waals surface area contributed by atoms with Crippen LogP contribution in [0.15, 0.2) is 18.2 Å². The molecule has 0 bridgehead atoms. The lowest BCUT2D eigenvalue weighted by Gasteiger charge is -2.27. The zero-order valence-corrected chi connectivity index (χ0v) is 11.3. The fraction of sp³-hybridized carbons (Fsp3) is 0.538. The van der Waals surface area contributed by atoms with Crippen molar-refractivity contribution in [1.82, 2.24) is 5.32 Å². The Balaban J connectivity index is 2.00. The van der Waals surface area contributed by atoms with E-state index in [9.17, 15) is 14.5 Å². The van der Waals surface area contributed by atoms with Gasteiger partial charge in [-0.15, -0.1) is 0 Å². The van der Waals surface area contributed by atoms with Gasteiger partial charge in [-0.05, 0) is 19.4 Å². The molecule has 2 unspecified atom stereocenters. The summed E-state index contributed by atoms with van der Waals surface area (Å²) in [6, 6.07) is 3.59. The van der Waals surface area contributed by atoms with E-state index in [1.807, 2.05) is 6.92 Å². The number of anilines is 1. The summed E-state index contributed by atoms with van der Waals surface area (Å²) in [6.07, 6.45) is 0.744. The largest absolute Gasteiger partial charge is 0.379 e. The molecule has 0 amide bonds. The molecule has 6 nitrogen and oxygen atoms in total. The monoisotopic (exact) mass is 283 g/mol. The number of rotatable bonds is 5. The molecule has 1 heterocycles. The van der Waals surface area contributed by atoms with Crippen LogP contribution in [-0.2, 0) is 4.74 Å². The second kappa shape index (κ2) is 6.62. The Kier molecular flexibility index (Phi) is 4.86. The van der Waals surface area contributed by atoms with Gasteiger partial charge in [0.15, 0.2) is 0 Å². The van der Waals surface area contributed by atoms with Crippen molar-refractivity contribution in [1.29, 1.82) is 0 Å². The smallest absolute Gasteiger partial charge is 0.292 e. The lowest BCUT2D eigenvalue weighted by Crippen LogP contribution is -2.43. The van der Waals surface area contributed by atoms with Crippen LogP contribution in [0.1, 0.15) is 13.3 Å². The molecule has 1 aliphatic rings. The van der Waals surface area contributed by atoms with E-state index in [1.165, 1.54) is 6.07 Å². The summed E-state index contributed by atoms with van der Waals surface area (Å²) in [5.74, 6) is -0.496. The van der Waals surface area contributed by atoms with Gasteiger partial charge in [0.05, 0.1) is 18.1 Å². The second-order valence-electron chi connectivity index (χ2n) is 4.93. The Labute approximate surface area is 116 Å². The van der Waals surface area contributed by atoms with Crippen molar-refractivity contribution in [2.45, 2.75) is 25.4 Å². The SMILES string of the molecule is CC(CC1COCCN1)Nc1cc(F)ccc1[N+](=O)[O-]. The summed E-state index contributed by atoms with van der Waals surface area (Å²) in [7, 11) is 0. The number of hydrogen-bond acceptors (Lipinski definition) is 5. The van der Waals surface area contributed by atoms with Crippen molar-refractivity contribution >= 4 is 11.4 Å². The van der Waals surface area contributed by atoms with Crippen LogP contribution in [0.3, 0.4) is 0 Å². The number of hydrogen-bond donors (Lipinski definition) is 2. The van der Waals surface area contributed by atoms with E-state index in [-0.39, 0.29) is 23.5 Å². The average Bonchev–Trinajstić information content (AvgIpc) is 2.39. The van der Waals surface area contributed by atoms with Crippen LogP contribution in [0.25, 0.3) is 0 Å². The molecular formula is C13H18FN3O3. The lowest BCUT2D eigenvalue weighted by atomic mass is 10.1. The maximum atomic E-state index is 13.2. The van der Waals surface area contributed by atoms with Crippen LogP contribution < -0.4 is 10.6 Å². The fourth-order valence-corrected chi connectivity index (χ4v) is 2.31. The van der Waals surface area contributed by atoms with Gasteiger partial charge in [0.25, 0.3) is 5.69 Å². The highest BCUT2D eigenvalue weighted by molar-refractivity contribution is 5.61. The van der Waals surface area contributed by atoms with E-state index in [2.05, 4.69) is 10.6 Å². The maximum Gasteiger partial charge on any atom is 0.292 e. The Bertz CT molecular complexity index is 478. The molecule has 0 aromatic heterocycles. The molecule has 0 aliphatic carbocycles. The number of halogens is 1. The lowest BCUT2D eigenvalue weighted by molar-refractivity contribution is -0.384. The van der Waals surface area contributed by atoms with Gasteiger partial charge in [0.2, 0.25) is 0 Å². The quantitative estimate of drug-likeness (QED) is 0.637. The van der Waals surface area contributed by atoms with Crippen molar-refractivity contribution < 1.29 is 14.1 Å². The van der Waals surface area contributed by atoms with E-state index in [0.29, 0.717) is 13.2 Å². The molecule has 0 spiro atoms. The minimum absolute atomic E-state index is 0.0327. The molecule has 7 heteroatoms. The highest BCUT2D eigenvalue weighted by Gasteiger charge is 2.19. The Morgan fingerprint density at radius 2 is 2.45 bits per heavy atom. The number of nitrogens with zero attached hydrogens (tertiary/aromatic N) is 1. The summed E-state index contributed by atoms with van der Waals surface area (Å²) in [5.41, 5.74) is 0.0883. The van der Waals surface area contributed by atoms with Crippen molar-refractivity contribution in [2.24, 2.45) is 0 Å². The van der Waals surface area contributed by atoms with Gasteiger partial charge in [0.1, 0.15) is 11.5 Å². The number of benzene rings is 1. The molecule has 1 aromatic carbocycles. The molecule has 0 radical (unpaired) electrons. The van der Waals surface area contributed by atoms with Gasteiger partial charge in [-0.2, -0.15) is 0 Å². The third-order valence-corrected chi connectivity index (χ3v) is 3.19. The topological polar surface area (TPSA) is 76.4 Å². The predicted octanol–water partition coefficient (Wildman–Crippen LogP) is 1.91. The third-order valence-electron chi connectivity index (χ3n) is 3.19. The molecule has 1 aromatic rings. The molecule has 1 fully saturated rings. The van der Waals surface area contributed by atoms with Gasteiger partial charge < -0.3 is 15.4 Å². The van der Waals surface area contributed by atoms with Gasteiger partial charge in [-0.25, -0.2) is 4.39 Å². The summed E-state index contributed by atoms with van der Waals surface area (Å²) in [6.45, 7) is 4.04. The van der Waals surface area contributed by atoms with Crippen LogP contribution in [0, 0.1) is 15.9 Å². The van der Waals surface area contributed by atoms with E-state index in [1.54, 1.807) is 0 Å². The van der Waals surface area contributed by atoms with Gasteiger partial charge in [0, 0.05) is 30.8 Å². The normalized spacial score (nSPS) is 20.4. The second-order valence-corrected chi connectivity index (χ2v) is 4.93. The molecule has 1 aliphatic heterocycles. The molecule has 1 saturated heterocycles. The van der Waals surface area contributed by atoms with Crippen LogP contribution in [0.4, 0.5) is 15.8 Å². The maximum absolute atomic E-state index is 13.2. The number of ether oxygens (including phenoxy) is 1. The highest BCUT2D eigenvalue weighted by atomic mass is 19.1. The summed E-state index contributed by atoms with van der Waals surface area (Å²) >= 11 is 0. The Morgan fingerprint density at radius 3 is 3.10 bits per heavy atom. The van der Waals surface area contributed by atoms with Gasteiger partial charge in [-0.3, -0.25) is 10.1 Å². The fourth-order valence-electron chi connectivity index (χ4n) is 2.31. The van der Waals surface area contributed by atoms with Crippen LogP contribution in [0.2, 0.25) is 0 Å². The molecular weight excluding hydrogens is 265 g/mol. The van der Waals surface area contributed by atoms with Gasteiger partial charge >= 0.3 is 0 Å². The minimum atomic E-state index is -0.517. The molecule has 2 rings (SSSR count). The van der Waals surface area contributed by atoms with Crippen molar-refractivity contribution in [2.75, 3.05) is 25.1 Å². The summed E-state index contributed by atoms with van der Waals surface area (Å²) in [4.78, 5) is 10.4. The standard InChI is InChI=1S/C13H18FN3O3/c1-9(6-11-8-20-5-4-15-11)16-12-7-10(14)2-3-13(12)17(18)19/h2-3,7,9,11,15-16H,4-6,8H2,1H3. The highest BCUT2D eigenvalue weighted by Crippen LogP contribution is 2.26. The van der Waals surface area contributed by atoms with E-state index in [0.717, 1.165) is 25.1 Å². The Morgan fingerprint density at radius 1 is 1.65 bits per heavy atom. The third kappa shape index (κ3) is 3.88. The molecule has 0 saturated carbocycles. The summed E-state index contributed by atoms with van der Waals surface area (Å²) < 4.78 is 18.6. The minimum Gasteiger partial charge on any atom is -0.379 e. The first-order valence-electron chi connectivity index (χ1n) is 6.58. The molecule has 2 N–H and O–H groups in total. The number of nitro groups is 1. The van der Waals surface area contributed by atoms with E-state index < -0.39 is 10.7 Å². The van der Waals surface area contributed by atoms with Crippen LogP contribution in [0.5, 0.6) is 0 Å². The number of nitro benzene ring substituents is 1. The van der Waals surface area contributed by atoms with Crippen molar-refractivity contribution in [3.05, 3.63) is 34.1 Å². The average molecular weight is 283 g/mol. The van der Waals surface area contributed by atoms with E-state index >= 15 is 0 Å². The zero-order valence-electron chi connectivity index (χ0n) is 11.3. The molecule has 2 atom stereocenters. The zero-order chi connectivity index (χ0) is 14.5. The first-order valence-corrected chi connectivity index (χ1v) is 6.58.